The van der Waals surface area contributed by atoms with E-state index in [4.69, 9.17) is 19.0 Å². The Bertz CT molecular complexity index is 1360. The SMILES string of the molecule is C/C=C(\C=NC)c1ccc(-c2nc(CCOc3ccc(CCC(=O)O)c(CNC(=O)OC(C)C)c3)c(C)o2)cc1. The molecule has 0 bridgehead atoms. The van der Waals surface area contributed by atoms with E-state index in [9.17, 15) is 9.59 Å². The minimum Gasteiger partial charge on any atom is -0.493 e. The number of carboxylic acids is 1. The molecule has 0 aliphatic carbocycles. The molecule has 40 heavy (non-hydrogen) atoms. The van der Waals surface area contributed by atoms with Crippen LogP contribution in [0.2, 0.25) is 0 Å². The Morgan fingerprint density at radius 2 is 1.88 bits per heavy atom. The van der Waals surface area contributed by atoms with Crippen molar-refractivity contribution in [3.63, 3.8) is 0 Å². The number of nitrogens with one attached hydrogen (secondary N) is 1. The van der Waals surface area contributed by atoms with Gasteiger partial charge in [0.05, 0.1) is 18.4 Å². The van der Waals surface area contributed by atoms with Crippen molar-refractivity contribution in [2.24, 2.45) is 4.99 Å². The van der Waals surface area contributed by atoms with Crippen molar-refractivity contribution < 1.29 is 28.6 Å². The molecule has 0 fully saturated rings. The second-order valence-electron chi connectivity index (χ2n) is 9.46. The predicted octanol–water partition coefficient (Wildman–Crippen LogP) is 6.03. The lowest BCUT2D eigenvalue weighted by Crippen LogP contribution is -2.26. The monoisotopic (exact) mass is 547 g/mol. The minimum absolute atomic E-state index is 0.0103. The molecule has 1 heterocycles. The van der Waals surface area contributed by atoms with Crippen molar-refractivity contribution >= 4 is 23.9 Å². The number of carbonyl (C=O) groups excluding carboxylic acids is 1. The Morgan fingerprint density at radius 1 is 1.12 bits per heavy atom. The van der Waals surface area contributed by atoms with Crippen molar-refractivity contribution in [1.29, 1.82) is 0 Å². The van der Waals surface area contributed by atoms with E-state index in [0.29, 0.717) is 31.1 Å². The standard InChI is InChI=1S/C31H37N3O6/c1-6-22(18-32-5)23-7-9-25(10-8-23)30-34-28(21(4)40-30)15-16-38-27-13-11-24(12-14-29(35)36)26(17-27)19-33-31(37)39-20(2)3/h6-11,13,17-18,20H,12,14-16,19H2,1-5H3,(H,33,37)(H,35,36)/b22-6+,32-18?. The lowest BCUT2D eigenvalue weighted by atomic mass is 10.0. The molecule has 0 radical (unpaired) electrons. The number of hydrogen-bond donors (Lipinski definition) is 2. The highest BCUT2D eigenvalue weighted by Gasteiger charge is 2.14. The number of carbonyl (C=O) groups is 2. The summed E-state index contributed by atoms with van der Waals surface area (Å²) in [6, 6.07) is 13.4. The van der Waals surface area contributed by atoms with Gasteiger partial charge in [-0.15, -0.1) is 0 Å². The maximum absolute atomic E-state index is 12.0. The molecule has 0 saturated carbocycles. The van der Waals surface area contributed by atoms with E-state index in [-0.39, 0.29) is 19.1 Å². The average molecular weight is 548 g/mol. The summed E-state index contributed by atoms with van der Waals surface area (Å²) in [6.45, 7) is 7.96. The maximum Gasteiger partial charge on any atom is 0.407 e. The molecule has 1 amide bonds. The molecule has 212 valence electrons. The molecule has 1 aromatic heterocycles. The Hall–Kier alpha value is -4.40. The van der Waals surface area contributed by atoms with Gasteiger partial charge in [0.15, 0.2) is 0 Å². The fourth-order valence-electron chi connectivity index (χ4n) is 4.07. The minimum atomic E-state index is -0.884. The fourth-order valence-corrected chi connectivity index (χ4v) is 4.07. The molecule has 3 rings (SSSR count). The second-order valence-corrected chi connectivity index (χ2v) is 9.46. The van der Waals surface area contributed by atoms with Gasteiger partial charge in [0.25, 0.3) is 0 Å². The van der Waals surface area contributed by atoms with Crippen LogP contribution in [0.25, 0.3) is 17.0 Å². The van der Waals surface area contributed by atoms with Crippen molar-refractivity contribution in [1.82, 2.24) is 10.3 Å². The number of alkyl carbamates (subject to hydrolysis) is 1. The van der Waals surface area contributed by atoms with Crippen LogP contribution in [-0.4, -0.2) is 48.1 Å². The van der Waals surface area contributed by atoms with Gasteiger partial charge in [0.2, 0.25) is 5.89 Å². The number of allylic oxidation sites excluding steroid dienone is 2. The van der Waals surface area contributed by atoms with Gasteiger partial charge >= 0.3 is 12.1 Å². The third-order valence-corrected chi connectivity index (χ3v) is 6.10. The van der Waals surface area contributed by atoms with Gasteiger partial charge in [0, 0.05) is 38.2 Å². The van der Waals surface area contributed by atoms with Gasteiger partial charge < -0.3 is 24.3 Å². The summed E-state index contributed by atoms with van der Waals surface area (Å²) in [5.74, 6) is 1.01. The number of nitrogens with zero attached hydrogens (tertiary/aromatic N) is 2. The van der Waals surface area contributed by atoms with E-state index in [1.807, 2.05) is 62.5 Å². The summed E-state index contributed by atoms with van der Waals surface area (Å²) in [5, 5.41) is 11.8. The van der Waals surface area contributed by atoms with E-state index in [2.05, 4.69) is 15.3 Å². The highest BCUT2D eigenvalue weighted by molar-refractivity contribution is 6.09. The summed E-state index contributed by atoms with van der Waals surface area (Å²) < 4.78 is 17.1. The fraction of sp³-hybridized carbons (Fsp3) is 0.355. The van der Waals surface area contributed by atoms with Gasteiger partial charge in [0.1, 0.15) is 11.5 Å². The van der Waals surface area contributed by atoms with Gasteiger partial charge in [-0.1, -0.05) is 24.3 Å². The van der Waals surface area contributed by atoms with E-state index in [1.54, 1.807) is 27.0 Å². The summed E-state index contributed by atoms with van der Waals surface area (Å²) in [5.41, 5.74) is 5.39. The van der Waals surface area contributed by atoms with E-state index in [0.717, 1.165) is 39.3 Å². The number of rotatable bonds is 13. The number of aryl methyl sites for hydroxylation is 2. The molecule has 0 saturated heterocycles. The number of benzene rings is 2. The lowest BCUT2D eigenvalue weighted by Gasteiger charge is -2.14. The molecule has 9 nitrogen and oxygen atoms in total. The van der Waals surface area contributed by atoms with Gasteiger partial charge in [-0.2, -0.15) is 0 Å². The van der Waals surface area contributed by atoms with Crippen LogP contribution in [0.5, 0.6) is 5.75 Å². The number of aromatic nitrogens is 1. The van der Waals surface area contributed by atoms with Gasteiger partial charge in [-0.25, -0.2) is 9.78 Å². The van der Waals surface area contributed by atoms with Crippen LogP contribution in [0, 0.1) is 6.92 Å². The Balaban J connectivity index is 1.65. The molecule has 2 aromatic carbocycles. The Morgan fingerprint density at radius 3 is 2.52 bits per heavy atom. The lowest BCUT2D eigenvalue weighted by molar-refractivity contribution is -0.136. The summed E-state index contributed by atoms with van der Waals surface area (Å²) >= 11 is 0. The van der Waals surface area contributed by atoms with E-state index < -0.39 is 12.1 Å². The third-order valence-electron chi connectivity index (χ3n) is 6.10. The van der Waals surface area contributed by atoms with Crippen LogP contribution in [0.4, 0.5) is 4.79 Å². The molecule has 0 unspecified atom stereocenters. The molecule has 9 heteroatoms. The third kappa shape index (κ3) is 8.83. The van der Waals surface area contributed by atoms with Crippen molar-refractivity contribution in [2.75, 3.05) is 13.7 Å². The van der Waals surface area contributed by atoms with Crippen molar-refractivity contribution in [3.05, 3.63) is 76.7 Å². The number of oxazole rings is 1. The average Bonchev–Trinajstić information content (AvgIpc) is 3.29. The number of ether oxygens (including phenoxy) is 2. The number of aliphatic carboxylic acids is 1. The first-order valence-electron chi connectivity index (χ1n) is 13.3. The molecule has 3 aromatic rings. The van der Waals surface area contributed by atoms with E-state index in [1.165, 1.54) is 0 Å². The molecule has 0 aliphatic rings. The molecule has 0 atom stereocenters. The molecular formula is C31H37N3O6. The zero-order valence-electron chi connectivity index (χ0n) is 23.7. The zero-order chi connectivity index (χ0) is 29.1. The molecule has 0 aliphatic heterocycles. The second kappa shape index (κ2) is 14.7. The topological polar surface area (TPSA) is 123 Å². The van der Waals surface area contributed by atoms with Crippen LogP contribution >= 0.6 is 0 Å². The quantitative estimate of drug-likeness (QED) is 0.251. The van der Waals surface area contributed by atoms with Crippen molar-refractivity contribution in [2.45, 2.75) is 59.6 Å². The highest BCUT2D eigenvalue weighted by Crippen LogP contribution is 2.25. The number of amides is 1. The first-order chi connectivity index (χ1) is 19.2. The van der Waals surface area contributed by atoms with E-state index >= 15 is 0 Å². The Kier molecular flexibility index (Phi) is 11.1. The summed E-state index contributed by atoms with van der Waals surface area (Å²) in [7, 11) is 1.75. The highest BCUT2D eigenvalue weighted by atomic mass is 16.6. The van der Waals surface area contributed by atoms with Crippen LogP contribution in [0.1, 0.15) is 55.3 Å². The van der Waals surface area contributed by atoms with Crippen LogP contribution in [-0.2, 0) is 28.9 Å². The van der Waals surface area contributed by atoms with Crippen LogP contribution < -0.4 is 10.1 Å². The smallest absolute Gasteiger partial charge is 0.407 e. The number of aliphatic imine (C=N–C) groups is 1. The normalized spacial score (nSPS) is 11.7. The largest absolute Gasteiger partial charge is 0.493 e. The first-order valence-corrected chi connectivity index (χ1v) is 13.3. The van der Waals surface area contributed by atoms with Crippen molar-refractivity contribution in [3.8, 4) is 17.2 Å². The van der Waals surface area contributed by atoms with Crippen LogP contribution in [0.3, 0.4) is 0 Å². The van der Waals surface area contributed by atoms with Gasteiger partial charge in [-0.3, -0.25) is 9.79 Å². The summed E-state index contributed by atoms with van der Waals surface area (Å²) in [6.07, 6.45) is 3.94. The number of hydrogen-bond acceptors (Lipinski definition) is 7. The zero-order valence-corrected chi connectivity index (χ0v) is 23.7. The molecule has 0 spiro atoms. The first kappa shape index (κ1) is 30.1. The summed E-state index contributed by atoms with van der Waals surface area (Å²) in [4.78, 5) is 31.8. The molecular weight excluding hydrogens is 510 g/mol. The predicted molar refractivity (Wildman–Crippen MR) is 155 cm³/mol. The van der Waals surface area contributed by atoms with Crippen LogP contribution in [0.15, 0.2) is 58.0 Å². The van der Waals surface area contributed by atoms with Gasteiger partial charge in [-0.05, 0) is 80.6 Å². The number of carboxylic acid groups (broad SMARTS) is 1. The maximum atomic E-state index is 12.0. The molecule has 2 N–H and O–H groups in total. The Labute approximate surface area is 234 Å².